The Labute approximate surface area is 136 Å². The highest BCUT2D eigenvalue weighted by atomic mass is 79.9. The highest BCUT2D eigenvalue weighted by molar-refractivity contribution is 9.10. The molecule has 0 aliphatic rings. The lowest BCUT2D eigenvalue weighted by atomic mass is 10.3. The average molecular weight is 373 g/mol. The average Bonchev–Trinajstić information content (AvgIpc) is 2.47. The molecule has 120 valence electrons. The van der Waals surface area contributed by atoms with Gasteiger partial charge in [-0.15, -0.1) is 0 Å². The molecule has 1 rings (SSSR count). The van der Waals surface area contributed by atoms with Gasteiger partial charge < -0.3 is 14.2 Å². The van der Waals surface area contributed by atoms with Gasteiger partial charge in [-0.25, -0.2) is 4.79 Å². The molecule has 0 saturated heterocycles. The second kappa shape index (κ2) is 9.19. The predicted molar refractivity (Wildman–Crippen MR) is 81.4 cm³/mol. The van der Waals surface area contributed by atoms with Crippen LogP contribution in [0.25, 0.3) is 0 Å². The van der Waals surface area contributed by atoms with Crippen molar-refractivity contribution in [3.8, 4) is 5.75 Å². The first-order chi connectivity index (χ1) is 10.4. The summed E-state index contributed by atoms with van der Waals surface area (Å²) >= 11 is 3.31. The van der Waals surface area contributed by atoms with Crippen LogP contribution in [0.4, 0.5) is 0 Å². The molecular formula is C15H17BrO6. The normalized spacial score (nSPS) is 11.4. The van der Waals surface area contributed by atoms with Gasteiger partial charge in [-0.05, 0) is 38.1 Å². The number of carbonyl (C=O) groups is 3. The van der Waals surface area contributed by atoms with Gasteiger partial charge in [0.2, 0.25) is 0 Å². The summed E-state index contributed by atoms with van der Waals surface area (Å²) in [6, 6.07) is 7.16. The Hall–Kier alpha value is -1.89. The van der Waals surface area contributed by atoms with E-state index in [1.165, 1.54) is 0 Å². The van der Waals surface area contributed by atoms with Crippen molar-refractivity contribution in [1.82, 2.24) is 0 Å². The molecule has 0 spiro atoms. The molecule has 0 saturated carbocycles. The number of rotatable bonds is 8. The molecule has 0 aliphatic carbocycles. The lowest BCUT2D eigenvalue weighted by molar-refractivity contribution is -0.159. The van der Waals surface area contributed by atoms with E-state index >= 15 is 0 Å². The van der Waals surface area contributed by atoms with E-state index in [2.05, 4.69) is 20.7 Å². The van der Waals surface area contributed by atoms with Crippen LogP contribution in [0.3, 0.4) is 0 Å². The molecule has 1 unspecified atom stereocenters. The smallest absolute Gasteiger partial charge is 0.378 e. The maximum atomic E-state index is 11.6. The Balaban J connectivity index is 2.33. The Morgan fingerprint density at radius 2 is 1.77 bits per heavy atom. The van der Waals surface area contributed by atoms with E-state index in [4.69, 9.17) is 9.47 Å². The molecule has 0 amide bonds. The zero-order valence-corrected chi connectivity index (χ0v) is 13.9. The maximum absolute atomic E-state index is 11.6. The topological polar surface area (TPSA) is 78.9 Å². The minimum atomic E-state index is -1.01. The molecule has 0 fully saturated rings. The second-order valence-electron chi connectivity index (χ2n) is 4.39. The molecule has 0 bridgehead atoms. The number of halogens is 1. The molecule has 0 aliphatic heterocycles. The minimum absolute atomic E-state index is 0.0355. The Bertz CT molecular complexity index is 525. The first-order valence-corrected chi connectivity index (χ1v) is 7.49. The van der Waals surface area contributed by atoms with Crippen molar-refractivity contribution in [2.75, 3.05) is 13.2 Å². The van der Waals surface area contributed by atoms with Crippen LogP contribution in [0.1, 0.15) is 20.3 Å². The van der Waals surface area contributed by atoms with Crippen molar-refractivity contribution < 1.29 is 28.6 Å². The number of benzene rings is 1. The Morgan fingerprint density at radius 1 is 1.14 bits per heavy atom. The van der Waals surface area contributed by atoms with Crippen molar-refractivity contribution in [3.05, 3.63) is 28.7 Å². The van der Waals surface area contributed by atoms with Crippen molar-refractivity contribution in [2.45, 2.75) is 26.4 Å². The van der Waals surface area contributed by atoms with Crippen molar-refractivity contribution >= 4 is 33.7 Å². The first kappa shape index (κ1) is 18.2. The van der Waals surface area contributed by atoms with E-state index in [-0.39, 0.29) is 13.0 Å². The van der Waals surface area contributed by atoms with Crippen LogP contribution < -0.4 is 4.74 Å². The third-order valence-electron chi connectivity index (χ3n) is 2.47. The zero-order valence-electron chi connectivity index (χ0n) is 12.3. The largest absolute Gasteiger partial charge is 0.490 e. The monoisotopic (exact) mass is 372 g/mol. The van der Waals surface area contributed by atoms with E-state index in [1.807, 2.05) is 12.1 Å². The number of carbonyl (C=O) groups excluding carboxylic acids is 3. The number of hydrogen-bond donors (Lipinski definition) is 0. The van der Waals surface area contributed by atoms with Crippen molar-refractivity contribution in [2.24, 2.45) is 0 Å². The fraction of sp³-hybridized carbons (Fsp3) is 0.400. The quantitative estimate of drug-likeness (QED) is 0.514. The highest BCUT2D eigenvalue weighted by Crippen LogP contribution is 2.18. The number of hydrogen-bond acceptors (Lipinski definition) is 6. The lowest BCUT2D eigenvalue weighted by Gasteiger charge is -2.14. The molecule has 7 heteroatoms. The van der Waals surface area contributed by atoms with Crippen LogP contribution in [0.2, 0.25) is 0 Å². The fourth-order valence-corrected chi connectivity index (χ4v) is 1.76. The minimum Gasteiger partial charge on any atom is -0.490 e. The molecule has 1 aromatic carbocycles. The van der Waals surface area contributed by atoms with Gasteiger partial charge in [0.25, 0.3) is 5.78 Å². The van der Waals surface area contributed by atoms with Crippen molar-refractivity contribution in [1.29, 1.82) is 0 Å². The summed E-state index contributed by atoms with van der Waals surface area (Å²) in [6.07, 6.45) is -0.460. The number of ether oxygens (including phenoxy) is 3. The Morgan fingerprint density at radius 3 is 2.36 bits per heavy atom. The Kier molecular flexibility index (Phi) is 7.59. The van der Waals surface area contributed by atoms with Gasteiger partial charge in [-0.1, -0.05) is 15.9 Å². The summed E-state index contributed by atoms with van der Waals surface area (Å²) in [5, 5.41) is 0. The molecular weight excluding hydrogens is 356 g/mol. The maximum Gasteiger partial charge on any atom is 0.378 e. The molecule has 0 aromatic heterocycles. The third-order valence-corrected chi connectivity index (χ3v) is 3.00. The van der Waals surface area contributed by atoms with Gasteiger partial charge in [0.05, 0.1) is 13.0 Å². The van der Waals surface area contributed by atoms with Crippen LogP contribution >= 0.6 is 15.9 Å². The van der Waals surface area contributed by atoms with Gasteiger partial charge in [0.1, 0.15) is 11.9 Å². The summed E-state index contributed by atoms with van der Waals surface area (Å²) in [5.74, 6) is -1.90. The summed E-state index contributed by atoms with van der Waals surface area (Å²) < 4.78 is 15.7. The van der Waals surface area contributed by atoms with Gasteiger partial charge >= 0.3 is 11.9 Å². The van der Waals surface area contributed by atoms with Gasteiger partial charge in [-0.3, -0.25) is 9.59 Å². The molecule has 0 N–H and O–H groups in total. The first-order valence-electron chi connectivity index (χ1n) is 6.70. The van der Waals surface area contributed by atoms with E-state index in [9.17, 15) is 14.4 Å². The lowest BCUT2D eigenvalue weighted by Crippen LogP contribution is -2.26. The molecule has 0 heterocycles. The van der Waals surface area contributed by atoms with E-state index in [1.54, 1.807) is 26.0 Å². The summed E-state index contributed by atoms with van der Waals surface area (Å²) in [4.78, 5) is 33.9. The van der Waals surface area contributed by atoms with Crippen LogP contribution in [0, 0.1) is 0 Å². The molecule has 1 atom stereocenters. The third kappa shape index (κ3) is 6.71. The fourth-order valence-electron chi connectivity index (χ4n) is 1.50. The highest BCUT2D eigenvalue weighted by Gasteiger charge is 2.18. The van der Waals surface area contributed by atoms with Gasteiger partial charge in [0, 0.05) is 4.47 Å². The predicted octanol–water partition coefficient (Wildman–Crippen LogP) is 2.28. The van der Waals surface area contributed by atoms with E-state index in [0.717, 1.165) is 4.47 Å². The zero-order chi connectivity index (χ0) is 16.5. The van der Waals surface area contributed by atoms with Gasteiger partial charge in [0.15, 0.2) is 6.61 Å². The second-order valence-corrected chi connectivity index (χ2v) is 5.31. The summed E-state index contributed by atoms with van der Waals surface area (Å²) in [6.45, 7) is 2.76. The van der Waals surface area contributed by atoms with Gasteiger partial charge in [-0.2, -0.15) is 0 Å². The standard InChI is InChI=1S/C15H17BrO6/c1-3-20-15(19)13(17)9-21-14(18)8-10(2)22-12-6-4-11(16)5-7-12/h4-7,10H,3,8-9H2,1-2H3. The van der Waals surface area contributed by atoms with E-state index < -0.39 is 30.4 Å². The van der Waals surface area contributed by atoms with Crippen LogP contribution in [0.15, 0.2) is 28.7 Å². The molecule has 22 heavy (non-hydrogen) atoms. The molecule has 1 aromatic rings. The SMILES string of the molecule is CCOC(=O)C(=O)COC(=O)CC(C)Oc1ccc(Br)cc1. The molecule has 0 radical (unpaired) electrons. The van der Waals surface area contributed by atoms with Crippen LogP contribution in [-0.4, -0.2) is 37.0 Å². The summed E-state index contributed by atoms with van der Waals surface area (Å²) in [5.41, 5.74) is 0. The molecule has 6 nitrogen and oxygen atoms in total. The number of ketones is 1. The van der Waals surface area contributed by atoms with Crippen LogP contribution in [0.5, 0.6) is 5.75 Å². The summed E-state index contributed by atoms with van der Waals surface area (Å²) in [7, 11) is 0. The van der Waals surface area contributed by atoms with E-state index in [0.29, 0.717) is 5.75 Å². The van der Waals surface area contributed by atoms with Crippen LogP contribution in [-0.2, 0) is 23.9 Å². The number of esters is 2. The number of Topliss-reactive ketones (excluding diaryl/α,β-unsaturated/α-hetero) is 1. The van der Waals surface area contributed by atoms with Crippen molar-refractivity contribution in [3.63, 3.8) is 0 Å².